The summed E-state index contributed by atoms with van der Waals surface area (Å²) in [6.45, 7) is 13.7. The van der Waals surface area contributed by atoms with Gasteiger partial charge >= 0.3 is 67.3 Å². The molecule has 0 aromatic heterocycles. The first-order valence-electron chi connectivity index (χ1n) is 34.8. The summed E-state index contributed by atoms with van der Waals surface area (Å²) in [5.41, 5.74) is 22.5. The van der Waals surface area contributed by atoms with Gasteiger partial charge in [-0.1, -0.05) is 295 Å². The minimum absolute atomic E-state index is 1.00. The van der Waals surface area contributed by atoms with Gasteiger partial charge in [0.15, 0.2) is 0 Å². The first kappa shape index (κ1) is 72.0. The van der Waals surface area contributed by atoms with Crippen molar-refractivity contribution in [3.05, 3.63) is 99.6 Å². The standard InChI is InChI=1S/C67H112N2.2C4H9.Pd/c1-5-9-13-15-17-19-21-23-25-26-27-28-29-30-31-32-33-35-36-38-40-42-44-46-53-61-54-48-49-57-63(61)67-65(58-47-45-43-41-39-37-34-24-22-20-18-16-14-10-6-2)64(56-12-8-4)66(69(67)68)62-55-50-52-60(59-62)51-11-7-3;2*1-3-4-2;/h42,44,48-50,52,54-55,57,59H,5-41,43,45-47,51,53,56,58H2,1-4H3;2*1,3-4H2,2H3;. The normalized spacial score (nSPS) is 12.8. The molecule has 0 N–H and O–H groups in total. The summed E-state index contributed by atoms with van der Waals surface area (Å²) in [7, 11) is 0. The minimum atomic E-state index is 1.00. The summed E-state index contributed by atoms with van der Waals surface area (Å²) in [4.78, 5) is 3.01. The molecule has 1 aliphatic rings. The van der Waals surface area contributed by atoms with Gasteiger partial charge < -0.3 is 5.53 Å². The van der Waals surface area contributed by atoms with Crippen molar-refractivity contribution in [1.82, 2.24) is 0 Å². The third-order valence-corrected chi connectivity index (χ3v) is 18.8. The second-order valence-electron chi connectivity index (χ2n) is 23.9. The number of unbranched alkanes of at least 4 members (excludes halogenated alkanes) is 38. The number of hydrogen-bond donors (Lipinski definition) is 0. The van der Waals surface area contributed by atoms with Crippen LogP contribution in [0.4, 0.5) is 0 Å². The second kappa shape index (κ2) is 54.2. The molecule has 0 saturated heterocycles. The molecular formula is C75H130N2Pd. The molecule has 2 aromatic rings. The Morgan fingerprint density at radius 2 is 0.731 bits per heavy atom. The fourth-order valence-corrected chi connectivity index (χ4v) is 13.7. The quantitative estimate of drug-likeness (QED) is 0.0273. The maximum atomic E-state index is 12.5. The van der Waals surface area contributed by atoms with Gasteiger partial charge in [-0.2, -0.15) is 0 Å². The van der Waals surface area contributed by atoms with E-state index in [0.29, 0.717) is 0 Å². The summed E-state index contributed by atoms with van der Waals surface area (Å²) in [5.74, 6) is 0. The van der Waals surface area contributed by atoms with Crippen molar-refractivity contribution in [2.24, 2.45) is 0 Å². The van der Waals surface area contributed by atoms with E-state index in [1.54, 1.807) is 4.70 Å². The average molecular weight is 1170 g/mol. The Hall–Kier alpha value is -2.08. The number of hydrogen-bond acceptors (Lipinski definition) is 0. The van der Waals surface area contributed by atoms with E-state index in [2.05, 4.69) is 102 Å². The number of benzene rings is 2. The monoisotopic (exact) mass is 1160 g/mol. The van der Waals surface area contributed by atoms with Crippen molar-refractivity contribution >= 4 is 11.4 Å². The number of rotatable bonds is 54. The van der Waals surface area contributed by atoms with E-state index < -0.39 is 0 Å². The Morgan fingerprint density at radius 1 is 0.346 bits per heavy atom. The van der Waals surface area contributed by atoms with Crippen molar-refractivity contribution in [1.29, 1.82) is 0 Å². The molecule has 0 saturated carbocycles. The van der Waals surface area contributed by atoms with E-state index in [1.807, 2.05) is 0 Å². The van der Waals surface area contributed by atoms with Gasteiger partial charge in [-0.25, -0.2) is 4.70 Å². The number of nitrogens with zero attached hydrogens (tertiary/aromatic N) is 2. The molecule has 0 fully saturated rings. The summed E-state index contributed by atoms with van der Waals surface area (Å²) in [6.07, 6.45) is 71.1. The fourth-order valence-electron chi connectivity index (χ4n) is 11.5. The maximum absolute atomic E-state index is 12.5. The van der Waals surface area contributed by atoms with E-state index >= 15 is 0 Å². The summed E-state index contributed by atoms with van der Waals surface area (Å²) < 4.78 is 1.64. The zero-order chi connectivity index (χ0) is 56.0. The zero-order valence-electron chi connectivity index (χ0n) is 53.0. The molecule has 2 aromatic carbocycles. The van der Waals surface area contributed by atoms with Crippen LogP contribution < -0.4 is 0 Å². The van der Waals surface area contributed by atoms with Crippen LogP contribution in [0.15, 0.2) is 71.8 Å². The van der Waals surface area contributed by atoms with Crippen LogP contribution in [0.3, 0.4) is 0 Å². The van der Waals surface area contributed by atoms with Crippen LogP contribution in [0.5, 0.6) is 0 Å². The number of allylic oxidation sites excluding steroid dienone is 4. The van der Waals surface area contributed by atoms with Gasteiger partial charge in [0.05, 0.1) is 0 Å². The van der Waals surface area contributed by atoms with Gasteiger partial charge in [0, 0.05) is 22.3 Å². The predicted molar refractivity (Wildman–Crippen MR) is 348 cm³/mol. The molecule has 1 aliphatic heterocycles. The fraction of sp³-hybridized carbons (Fsp3) is 0.760. The van der Waals surface area contributed by atoms with Gasteiger partial charge in [0.2, 0.25) is 11.4 Å². The van der Waals surface area contributed by atoms with Crippen molar-refractivity contribution in [3.63, 3.8) is 0 Å². The SMILES string of the molecule is CCCCCCCCCCCCCCCCCCCCCCC=CCCc1ccccc1C1=C(CCCCCCCCCCCCCCCCC)C(CCCC)=C(c2cccc(CCCC)c2)[N+]1=[N-].CCC[CH2][Pd][CH2]CCC. The molecule has 2 nitrogen and oxygen atoms in total. The molecular weight excluding hydrogens is 1040 g/mol. The molecule has 0 aliphatic carbocycles. The molecule has 0 bridgehead atoms. The van der Waals surface area contributed by atoms with Crippen molar-refractivity contribution in [2.75, 3.05) is 0 Å². The van der Waals surface area contributed by atoms with E-state index in [4.69, 9.17) is 0 Å². The van der Waals surface area contributed by atoms with Crippen LogP contribution in [0, 0.1) is 0 Å². The van der Waals surface area contributed by atoms with Gasteiger partial charge in [-0.15, -0.1) is 0 Å². The molecule has 0 unspecified atom stereocenters. The predicted octanol–water partition coefficient (Wildman–Crippen LogP) is 26.9. The van der Waals surface area contributed by atoms with Crippen LogP contribution in [0.25, 0.3) is 16.9 Å². The van der Waals surface area contributed by atoms with Gasteiger partial charge in [0.1, 0.15) is 0 Å². The van der Waals surface area contributed by atoms with Crippen LogP contribution in [0.1, 0.15) is 366 Å². The molecule has 1 heterocycles. The number of aryl methyl sites for hydroxylation is 2. The molecule has 0 radical (unpaired) electrons. The van der Waals surface area contributed by atoms with Gasteiger partial charge in [-0.05, 0) is 93.5 Å². The van der Waals surface area contributed by atoms with Crippen molar-refractivity contribution in [2.45, 2.75) is 366 Å². The molecule has 3 heteroatoms. The van der Waals surface area contributed by atoms with Crippen LogP contribution in [0.2, 0.25) is 9.79 Å². The molecule has 450 valence electrons. The molecule has 0 amide bonds. The second-order valence-corrected chi connectivity index (χ2v) is 26.3. The van der Waals surface area contributed by atoms with Gasteiger partial charge in [-0.3, -0.25) is 0 Å². The molecule has 0 atom stereocenters. The Balaban J connectivity index is 0.00000211. The van der Waals surface area contributed by atoms with E-state index in [9.17, 15) is 5.53 Å². The van der Waals surface area contributed by atoms with Crippen LogP contribution in [-0.2, 0) is 30.8 Å². The van der Waals surface area contributed by atoms with Gasteiger partial charge in [0.25, 0.3) is 0 Å². The van der Waals surface area contributed by atoms with E-state index in [0.717, 1.165) is 74.3 Å². The Bertz CT molecular complexity index is 1760. The average Bonchev–Trinajstić information content (AvgIpc) is 3.74. The first-order valence-corrected chi connectivity index (χ1v) is 37.0. The van der Waals surface area contributed by atoms with Crippen LogP contribution in [-0.4, -0.2) is 4.70 Å². The first-order chi connectivity index (χ1) is 38.6. The third-order valence-electron chi connectivity index (χ3n) is 16.6. The summed E-state index contributed by atoms with van der Waals surface area (Å²) in [5, 5.41) is 0. The van der Waals surface area contributed by atoms with Crippen molar-refractivity contribution < 1.29 is 22.7 Å². The molecule has 78 heavy (non-hydrogen) atoms. The van der Waals surface area contributed by atoms with Crippen LogP contribution >= 0.6 is 0 Å². The molecule has 3 rings (SSSR count). The van der Waals surface area contributed by atoms with E-state index in [-0.39, 0.29) is 0 Å². The Kier molecular flexibility index (Phi) is 50.0. The Labute approximate surface area is 496 Å². The topological polar surface area (TPSA) is 25.3 Å². The van der Waals surface area contributed by atoms with Crippen molar-refractivity contribution in [3.8, 4) is 0 Å². The molecule has 0 spiro atoms. The summed E-state index contributed by atoms with van der Waals surface area (Å²) in [6, 6.07) is 18.1. The summed E-state index contributed by atoms with van der Waals surface area (Å²) >= 11 is 1.07. The third kappa shape index (κ3) is 36.4. The zero-order valence-corrected chi connectivity index (χ0v) is 54.6. The van der Waals surface area contributed by atoms with E-state index in [1.165, 1.54) is 313 Å². The Morgan fingerprint density at radius 3 is 1.21 bits per heavy atom.